The van der Waals surface area contributed by atoms with Crippen molar-refractivity contribution in [3.05, 3.63) is 48.4 Å². The largest absolute Gasteiger partial charge is 0.378 e. The molecule has 2 unspecified atom stereocenters. The molecule has 0 aliphatic carbocycles. The van der Waals surface area contributed by atoms with Crippen molar-refractivity contribution in [3.63, 3.8) is 0 Å². The molecule has 0 bridgehead atoms. The molecule has 7 heteroatoms. The number of nitrogens with one attached hydrogen (secondary N) is 2. The summed E-state index contributed by atoms with van der Waals surface area (Å²) in [6.45, 7) is 1.97. The lowest BCUT2D eigenvalue weighted by Crippen LogP contribution is -2.49. The molecule has 4 rings (SSSR count). The van der Waals surface area contributed by atoms with E-state index < -0.39 is 0 Å². The zero-order valence-corrected chi connectivity index (χ0v) is 14.5. The molecule has 2 aliphatic rings. The molecule has 26 heavy (non-hydrogen) atoms. The molecule has 2 aliphatic heterocycles. The molecule has 2 atom stereocenters. The highest BCUT2D eigenvalue weighted by Crippen LogP contribution is 2.32. The van der Waals surface area contributed by atoms with Gasteiger partial charge in [-0.15, -0.1) is 0 Å². The van der Waals surface area contributed by atoms with Gasteiger partial charge in [0.15, 0.2) is 0 Å². The van der Waals surface area contributed by atoms with E-state index in [9.17, 15) is 4.79 Å². The summed E-state index contributed by atoms with van der Waals surface area (Å²) in [4.78, 5) is 20.9. The van der Waals surface area contributed by atoms with Crippen molar-refractivity contribution in [2.24, 2.45) is 0 Å². The molecular weight excluding hydrogens is 332 g/mol. The summed E-state index contributed by atoms with van der Waals surface area (Å²) in [5, 5.41) is 6.26. The van der Waals surface area contributed by atoms with Crippen molar-refractivity contribution in [1.29, 1.82) is 0 Å². The topological polar surface area (TPSA) is 85.4 Å². The van der Waals surface area contributed by atoms with Crippen LogP contribution in [-0.4, -0.2) is 47.3 Å². The first kappa shape index (κ1) is 16.9. The highest BCUT2D eigenvalue weighted by atomic mass is 16.6. The van der Waals surface area contributed by atoms with Gasteiger partial charge in [-0.3, -0.25) is 4.79 Å². The Hall–Kier alpha value is -2.51. The van der Waals surface area contributed by atoms with Gasteiger partial charge in [0.1, 0.15) is 17.8 Å². The molecule has 0 radical (unpaired) electrons. The fourth-order valence-corrected chi connectivity index (χ4v) is 3.49. The molecule has 1 spiro atoms. The first-order valence-corrected chi connectivity index (χ1v) is 8.89. The van der Waals surface area contributed by atoms with Crippen molar-refractivity contribution in [1.82, 2.24) is 15.3 Å². The predicted octanol–water partition coefficient (Wildman–Crippen LogP) is 2.29. The zero-order valence-electron chi connectivity index (χ0n) is 14.5. The maximum absolute atomic E-state index is 12.6. The molecule has 2 fully saturated rings. The van der Waals surface area contributed by atoms with E-state index in [1.807, 2.05) is 30.3 Å². The van der Waals surface area contributed by atoms with Gasteiger partial charge >= 0.3 is 0 Å². The number of rotatable bonds is 4. The Morgan fingerprint density at radius 2 is 2.08 bits per heavy atom. The Balaban J connectivity index is 1.41. The van der Waals surface area contributed by atoms with E-state index in [1.54, 1.807) is 6.07 Å². The van der Waals surface area contributed by atoms with Gasteiger partial charge < -0.3 is 20.1 Å². The monoisotopic (exact) mass is 354 g/mol. The Morgan fingerprint density at radius 1 is 1.19 bits per heavy atom. The maximum Gasteiger partial charge on any atom is 0.270 e. The molecule has 136 valence electrons. The standard InChI is InChI=1S/C19H22N4O3/c24-18(23-15-6-8-26-19(11-15)7-9-25-12-19)16-10-17(21-13-20-16)22-14-4-2-1-3-5-14/h1-5,10,13,15H,6-9,11-12H2,(H,23,24)(H,20,21,22). The smallest absolute Gasteiger partial charge is 0.270 e. The van der Waals surface area contributed by atoms with Crippen LogP contribution in [0.3, 0.4) is 0 Å². The third-order valence-corrected chi connectivity index (χ3v) is 4.84. The van der Waals surface area contributed by atoms with Crippen molar-refractivity contribution >= 4 is 17.4 Å². The van der Waals surface area contributed by atoms with Gasteiger partial charge in [-0.1, -0.05) is 18.2 Å². The van der Waals surface area contributed by atoms with E-state index in [0.717, 1.165) is 31.6 Å². The van der Waals surface area contributed by atoms with Gasteiger partial charge in [0.2, 0.25) is 0 Å². The number of nitrogens with zero attached hydrogens (tertiary/aromatic N) is 2. The third-order valence-electron chi connectivity index (χ3n) is 4.84. The number of carbonyl (C=O) groups excluding carboxylic acids is 1. The number of carbonyl (C=O) groups is 1. The summed E-state index contributed by atoms with van der Waals surface area (Å²) in [7, 11) is 0. The third kappa shape index (κ3) is 3.84. The van der Waals surface area contributed by atoms with Crippen molar-refractivity contribution in [3.8, 4) is 0 Å². The SMILES string of the molecule is O=C(NC1CCOC2(CCOC2)C1)c1cc(Nc2ccccc2)ncn1. The molecule has 2 aromatic rings. The lowest BCUT2D eigenvalue weighted by molar-refractivity contribution is -0.0881. The number of hydrogen-bond donors (Lipinski definition) is 2. The summed E-state index contributed by atoms with van der Waals surface area (Å²) < 4.78 is 11.4. The molecule has 1 amide bonds. The quantitative estimate of drug-likeness (QED) is 0.876. The first-order valence-electron chi connectivity index (χ1n) is 8.89. The highest BCUT2D eigenvalue weighted by Gasteiger charge is 2.41. The Morgan fingerprint density at radius 3 is 2.88 bits per heavy atom. The second kappa shape index (κ2) is 7.39. The second-order valence-corrected chi connectivity index (χ2v) is 6.78. The normalized spacial score (nSPS) is 25.2. The van der Waals surface area contributed by atoms with E-state index in [2.05, 4.69) is 20.6 Å². The van der Waals surface area contributed by atoms with Gasteiger partial charge in [-0.2, -0.15) is 0 Å². The minimum absolute atomic E-state index is 0.0680. The van der Waals surface area contributed by atoms with Gasteiger partial charge in [0.25, 0.3) is 5.91 Å². The number of amides is 1. The van der Waals surface area contributed by atoms with Gasteiger partial charge in [-0.25, -0.2) is 9.97 Å². The van der Waals surface area contributed by atoms with Crippen molar-refractivity contribution in [2.45, 2.75) is 30.9 Å². The molecular formula is C19H22N4O3. The molecule has 2 N–H and O–H groups in total. The maximum atomic E-state index is 12.6. The molecule has 1 aromatic heterocycles. The number of benzene rings is 1. The van der Waals surface area contributed by atoms with E-state index >= 15 is 0 Å². The van der Waals surface area contributed by atoms with Crippen LogP contribution in [0.25, 0.3) is 0 Å². The number of anilines is 2. The molecule has 2 saturated heterocycles. The van der Waals surface area contributed by atoms with E-state index in [1.165, 1.54) is 6.33 Å². The summed E-state index contributed by atoms with van der Waals surface area (Å²) >= 11 is 0. The molecule has 1 aromatic carbocycles. The van der Waals surface area contributed by atoms with Crippen LogP contribution in [-0.2, 0) is 9.47 Å². The minimum atomic E-state index is -0.234. The van der Waals surface area contributed by atoms with Crippen LogP contribution in [0, 0.1) is 0 Å². The Kier molecular flexibility index (Phi) is 4.81. The summed E-state index contributed by atoms with van der Waals surface area (Å²) in [6, 6.07) is 11.4. The van der Waals surface area contributed by atoms with Crippen LogP contribution in [0.1, 0.15) is 29.8 Å². The lowest BCUT2D eigenvalue weighted by Gasteiger charge is -2.37. The Labute approximate surface area is 152 Å². The number of ether oxygens (including phenoxy) is 2. The second-order valence-electron chi connectivity index (χ2n) is 6.78. The van der Waals surface area contributed by atoms with Crippen LogP contribution < -0.4 is 10.6 Å². The lowest BCUT2D eigenvalue weighted by atomic mass is 9.89. The van der Waals surface area contributed by atoms with Crippen molar-refractivity contribution in [2.75, 3.05) is 25.1 Å². The fourth-order valence-electron chi connectivity index (χ4n) is 3.49. The van der Waals surface area contributed by atoms with Crippen LogP contribution in [0.2, 0.25) is 0 Å². The average molecular weight is 354 g/mol. The summed E-state index contributed by atoms with van der Waals surface area (Å²) in [5.41, 5.74) is 1.02. The number of hydrogen-bond acceptors (Lipinski definition) is 6. The molecule has 0 saturated carbocycles. The Bertz CT molecular complexity index is 762. The predicted molar refractivity (Wildman–Crippen MR) is 96.4 cm³/mol. The molecule has 7 nitrogen and oxygen atoms in total. The minimum Gasteiger partial charge on any atom is -0.378 e. The van der Waals surface area contributed by atoms with Crippen molar-refractivity contribution < 1.29 is 14.3 Å². The fraction of sp³-hybridized carbons (Fsp3) is 0.421. The van der Waals surface area contributed by atoms with E-state index in [4.69, 9.17) is 9.47 Å². The van der Waals surface area contributed by atoms with E-state index in [-0.39, 0.29) is 17.6 Å². The van der Waals surface area contributed by atoms with Gasteiger partial charge in [-0.05, 0) is 25.0 Å². The van der Waals surface area contributed by atoms with Crippen LogP contribution in [0.5, 0.6) is 0 Å². The number of aromatic nitrogens is 2. The number of para-hydroxylation sites is 1. The summed E-state index contributed by atoms with van der Waals surface area (Å²) in [6.07, 6.45) is 3.86. The zero-order chi connectivity index (χ0) is 17.8. The van der Waals surface area contributed by atoms with Gasteiger partial charge in [0.05, 0.1) is 12.2 Å². The van der Waals surface area contributed by atoms with Gasteiger partial charge in [0, 0.05) is 37.4 Å². The first-order chi connectivity index (χ1) is 12.7. The van der Waals surface area contributed by atoms with Crippen LogP contribution >= 0.6 is 0 Å². The van der Waals surface area contributed by atoms with E-state index in [0.29, 0.717) is 24.7 Å². The summed E-state index contributed by atoms with van der Waals surface area (Å²) in [5.74, 6) is 0.397. The van der Waals surface area contributed by atoms with Crippen LogP contribution in [0.15, 0.2) is 42.7 Å². The average Bonchev–Trinajstić information content (AvgIpc) is 3.10. The highest BCUT2D eigenvalue weighted by molar-refractivity contribution is 5.93. The van der Waals surface area contributed by atoms with Crippen LogP contribution in [0.4, 0.5) is 11.5 Å². The molecule has 3 heterocycles.